The van der Waals surface area contributed by atoms with E-state index in [2.05, 4.69) is 55.6 Å². The second kappa shape index (κ2) is 63.6. The topological polar surface area (TPSA) is 69.6 Å². The number of aliphatic hydroxyl groups excluding tert-OH is 2. The van der Waals surface area contributed by atoms with Crippen LogP contribution in [0.4, 0.5) is 0 Å². The SMILES string of the molecule is CCCCCCC/C=C\C/C=C\CCCCCCCCCCCCCCCCCCCCCC(=O)NC(CO)C(O)/C=C/CC/C=C/CCCCCCCCCCCCCCCCCCCCCCCCC. The number of carbonyl (C=O) groups excluding carboxylic acids is 1. The Kier molecular flexibility index (Phi) is 62.2. The fourth-order valence-electron chi connectivity index (χ4n) is 10.3. The second-order valence-corrected chi connectivity index (χ2v) is 22.5. The fraction of sp³-hybridized carbons (Fsp3) is 0.868. The second-order valence-electron chi connectivity index (χ2n) is 22.5. The maximum Gasteiger partial charge on any atom is 0.220 e. The van der Waals surface area contributed by atoms with Gasteiger partial charge in [-0.25, -0.2) is 0 Å². The number of hydrogen-bond acceptors (Lipinski definition) is 3. The third-order valence-corrected chi connectivity index (χ3v) is 15.3. The lowest BCUT2D eigenvalue weighted by molar-refractivity contribution is -0.123. The lowest BCUT2D eigenvalue weighted by Crippen LogP contribution is -2.45. The molecular weight excluding hydrogens is 879 g/mol. The van der Waals surface area contributed by atoms with Crippen LogP contribution in [0.2, 0.25) is 0 Å². The van der Waals surface area contributed by atoms with Gasteiger partial charge in [-0.15, -0.1) is 0 Å². The van der Waals surface area contributed by atoms with Gasteiger partial charge in [-0.2, -0.15) is 0 Å². The molecule has 0 bridgehead atoms. The van der Waals surface area contributed by atoms with E-state index in [-0.39, 0.29) is 12.5 Å². The fourth-order valence-corrected chi connectivity index (χ4v) is 10.3. The molecule has 0 aromatic heterocycles. The van der Waals surface area contributed by atoms with Crippen LogP contribution in [0, 0.1) is 0 Å². The average molecular weight is 1010 g/mol. The van der Waals surface area contributed by atoms with Crippen LogP contribution < -0.4 is 5.32 Å². The molecule has 0 aromatic rings. The van der Waals surface area contributed by atoms with Crippen molar-refractivity contribution in [1.29, 1.82) is 0 Å². The van der Waals surface area contributed by atoms with Gasteiger partial charge in [-0.1, -0.05) is 339 Å². The molecular formula is C68H129NO3. The maximum atomic E-state index is 12.5. The Morgan fingerprint density at radius 1 is 0.333 bits per heavy atom. The molecule has 0 aromatic carbocycles. The molecule has 4 nitrogen and oxygen atoms in total. The Balaban J connectivity index is 3.47. The summed E-state index contributed by atoms with van der Waals surface area (Å²) in [5, 5.41) is 23.2. The van der Waals surface area contributed by atoms with Crippen LogP contribution in [0.15, 0.2) is 48.6 Å². The first-order valence-corrected chi connectivity index (χ1v) is 32.9. The first-order chi connectivity index (χ1) is 35.7. The highest BCUT2D eigenvalue weighted by Crippen LogP contribution is 2.18. The summed E-state index contributed by atoms with van der Waals surface area (Å²) in [5.74, 6) is -0.0677. The summed E-state index contributed by atoms with van der Waals surface area (Å²) in [6.07, 6.45) is 89.0. The van der Waals surface area contributed by atoms with Gasteiger partial charge < -0.3 is 15.5 Å². The first-order valence-electron chi connectivity index (χ1n) is 32.9. The van der Waals surface area contributed by atoms with Crippen LogP contribution in [0.25, 0.3) is 0 Å². The molecule has 0 fully saturated rings. The van der Waals surface area contributed by atoms with Crippen molar-refractivity contribution in [3.63, 3.8) is 0 Å². The molecule has 0 rings (SSSR count). The predicted molar refractivity (Wildman–Crippen MR) is 322 cm³/mol. The van der Waals surface area contributed by atoms with Gasteiger partial charge in [-0.05, 0) is 64.2 Å². The van der Waals surface area contributed by atoms with Gasteiger partial charge in [0.05, 0.1) is 18.8 Å². The zero-order valence-corrected chi connectivity index (χ0v) is 49.0. The van der Waals surface area contributed by atoms with E-state index in [1.807, 2.05) is 6.08 Å². The number of unbranched alkanes of at least 4 members (excludes halogenated alkanes) is 48. The summed E-state index contributed by atoms with van der Waals surface area (Å²) in [6, 6.07) is -0.640. The predicted octanol–water partition coefficient (Wildman–Crippen LogP) is 22.2. The lowest BCUT2D eigenvalue weighted by Gasteiger charge is -2.19. The van der Waals surface area contributed by atoms with Gasteiger partial charge in [0, 0.05) is 6.42 Å². The lowest BCUT2D eigenvalue weighted by atomic mass is 10.0. The Labute approximate surface area is 452 Å². The van der Waals surface area contributed by atoms with Crippen molar-refractivity contribution in [2.75, 3.05) is 6.61 Å². The quantitative estimate of drug-likeness (QED) is 0.0420. The number of carbonyl (C=O) groups is 1. The Morgan fingerprint density at radius 3 is 0.889 bits per heavy atom. The van der Waals surface area contributed by atoms with E-state index in [1.54, 1.807) is 6.08 Å². The first kappa shape index (κ1) is 70.3. The number of amides is 1. The molecule has 424 valence electrons. The van der Waals surface area contributed by atoms with Gasteiger partial charge in [0.1, 0.15) is 0 Å². The Hall–Kier alpha value is -1.65. The van der Waals surface area contributed by atoms with Crippen molar-refractivity contribution < 1.29 is 15.0 Å². The average Bonchev–Trinajstić information content (AvgIpc) is 3.39. The molecule has 0 saturated heterocycles. The summed E-state index contributed by atoms with van der Waals surface area (Å²) in [7, 11) is 0. The van der Waals surface area contributed by atoms with Crippen molar-refractivity contribution >= 4 is 5.91 Å². The summed E-state index contributed by atoms with van der Waals surface area (Å²) in [5.41, 5.74) is 0. The zero-order chi connectivity index (χ0) is 52.0. The highest BCUT2D eigenvalue weighted by Gasteiger charge is 2.18. The summed E-state index contributed by atoms with van der Waals surface area (Å²) < 4.78 is 0. The number of aliphatic hydroxyl groups is 2. The summed E-state index contributed by atoms with van der Waals surface area (Å²) >= 11 is 0. The van der Waals surface area contributed by atoms with Crippen LogP contribution in [0.1, 0.15) is 361 Å². The zero-order valence-electron chi connectivity index (χ0n) is 49.0. The van der Waals surface area contributed by atoms with Crippen molar-refractivity contribution in [2.45, 2.75) is 373 Å². The summed E-state index contributed by atoms with van der Waals surface area (Å²) in [6.45, 7) is 4.33. The molecule has 1 amide bonds. The van der Waals surface area contributed by atoms with Crippen LogP contribution in [0.5, 0.6) is 0 Å². The van der Waals surface area contributed by atoms with Crippen molar-refractivity contribution in [3.05, 3.63) is 48.6 Å². The molecule has 0 radical (unpaired) electrons. The Morgan fingerprint density at radius 2 is 0.583 bits per heavy atom. The molecule has 3 N–H and O–H groups in total. The maximum absolute atomic E-state index is 12.5. The third kappa shape index (κ3) is 59.2. The number of rotatable bonds is 61. The molecule has 0 aliphatic rings. The monoisotopic (exact) mass is 1010 g/mol. The minimum absolute atomic E-state index is 0.0677. The molecule has 0 heterocycles. The van der Waals surface area contributed by atoms with E-state index in [0.717, 1.165) is 38.5 Å². The molecule has 72 heavy (non-hydrogen) atoms. The van der Waals surface area contributed by atoms with Gasteiger partial charge in [0.2, 0.25) is 5.91 Å². The minimum atomic E-state index is -0.864. The molecule has 4 heteroatoms. The molecule has 0 saturated carbocycles. The van der Waals surface area contributed by atoms with E-state index in [0.29, 0.717) is 6.42 Å². The number of allylic oxidation sites excluding steroid dienone is 7. The molecule has 0 aliphatic heterocycles. The number of hydrogen-bond donors (Lipinski definition) is 3. The van der Waals surface area contributed by atoms with E-state index in [4.69, 9.17) is 0 Å². The highest BCUT2D eigenvalue weighted by atomic mass is 16.3. The number of nitrogens with one attached hydrogen (secondary N) is 1. The van der Waals surface area contributed by atoms with Gasteiger partial charge in [0.25, 0.3) is 0 Å². The standard InChI is InChI=1S/C68H129NO3/c1-3-5-7-9-11-13-15-17-19-21-23-25-27-29-31-33-34-36-38-40-42-44-46-48-50-52-54-56-58-60-62-64-68(72)69-66(65-70)67(71)63-61-59-57-55-53-51-49-47-45-43-41-39-37-35-32-30-28-26-24-22-20-18-16-14-12-10-8-6-4-2/h15,17,21,23,53,55,61,63,66-67,70-71H,3-14,16,18-20,22,24-52,54,56-60,62,64-65H2,1-2H3,(H,69,72)/b17-15-,23-21-,55-53+,63-61+. The van der Waals surface area contributed by atoms with Gasteiger partial charge >= 0.3 is 0 Å². The van der Waals surface area contributed by atoms with Gasteiger partial charge in [-0.3, -0.25) is 4.79 Å². The smallest absolute Gasteiger partial charge is 0.220 e. The molecule has 2 atom stereocenters. The van der Waals surface area contributed by atoms with Gasteiger partial charge in [0.15, 0.2) is 0 Å². The Bertz CT molecular complexity index is 1140. The molecule has 2 unspecified atom stereocenters. The molecule has 0 aliphatic carbocycles. The van der Waals surface area contributed by atoms with Crippen LogP contribution >= 0.6 is 0 Å². The van der Waals surface area contributed by atoms with E-state index < -0.39 is 12.1 Å². The van der Waals surface area contributed by atoms with E-state index in [9.17, 15) is 15.0 Å². The third-order valence-electron chi connectivity index (χ3n) is 15.3. The summed E-state index contributed by atoms with van der Waals surface area (Å²) in [4.78, 5) is 12.5. The van der Waals surface area contributed by atoms with Crippen LogP contribution in [-0.4, -0.2) is 34.9 Å². The minimum Gasteiger partial charge on any atom is -0.394 e. The van der Waals surface area contributed by atoms with Crippen LogP contribution in [-0.2, 0) is 4.79 Å². The van der Waals surface area contributed by atoms with Crippen LogP contribution in [0.3, 0.4) is 0 Å². The highest BCUT2D eigenvalue weighted by molar-refractivity contribution is 5.76. The van der Waals surface area contributed by atoms with E-state index >= 15 is 0 Å². The van der Waals surface area contributed by atoms with Crippen molar-refractivity contribution in [2.24, 2.45) is 0 Å². The largest absolute Gasteiger partial charge is 0.394 e. The van der Waals surface area contributed by atoms with E-state index in [1.165, 1.54) is 302 Å². The van der Waals surface area contributed by atoms with Crippen molar-refractivity contribution in [1.82, 2.24) is 5.32 Å². The van der Waals surface area contributed by atoms with Crippen molar-refractivity contribution in [3.8, 4) is 0 Å². The normalized spacial score (nSPS) is 13.0. The molecule has 0 spiro atoms.